The van der Waals surface area contributed by atoms with Crippen LogP contribution in [0.3, 0.4) is 0 Å². The van der Waals surface area contributed by atoms with Gasteiger partial charge in [0.1, 0.15) is 5.76 Å². The molecule has 1 aromatic heterocycles. The number of rotatable bonds is 1. The molecule has 0 bridgehead atoms. The van der Waals surface area contributed by atoms with Crippen molar-refractivity contribution in [3.63, 3.8) is 0 Å². The third kappa shape index (κ3) is 1.82. The Balaban J connectivity index is 1.83. The van der Waals surface area contributed by atoms with Gasteiger partial charge in [0.05, 0.1) is 0 Å². The maximum Gasteiger partial charge on any atom is 0.203 e. The van der Waals surface area contributed by atoms with Gasteiger partial charge in [-0.1, -0.05) is 0 Å². The third-order valence-electron chi connectivity index (χ3n) is 3.78. The van der Waals surface area contributed by atoms with Crippen molar-refractivity contribution in [1.29, 1.82) is 0 Å². The van der Waals surface area contributed by atoms with E-state index in [4.69, 9.17) is 4.74 Å². The average Bonchev–Trinajstić information content (AvgIpc) is 2.72. The van der Waals surface area contributed by atoms with E-state index in [1.165, 1.54) is 0 Å². The maximum absolute atomic E-state index is 12.2. The van der Waals surface area contributed by atoms with Crippen LogP contribution in [0.25, 0.3) is 5.76 Å². The fraction of sp³-hybridized carbons (Fsp3) is 0.429. The molecule has 4 heteroatoms. The van der Waals surface area contributed by atoms with Gasteiger partial charge in [-0.2, -0.15) is 0 Å². The highest BCUT2D eigenvalue weighted by atomic mass is 16.5. The number of ketones is 1. The second kappa shape index (κ2) is 4.21. The van der Waals surface area contributed by atoms with E-state index < -0.39 is 5.60 Å². The Bertz CT molecular complexity index is 488. The summed E-state index contributed by atoms with van der Waals surface area (Å²) in [6.45, 7) is 1.81. The first-order valence-electron chi connectivity index (χ1n) is 6.24. The van der Waals surface area contributed by atoms with Gasteiger partial charge in [0.2, 0.25) is 5.78 Å². The molecule has 4 nitrogen and oxygen atoms in total. The third-order valence-corrected chi connectivity index (χ3v) is 3.78. The number of aromatic nitrogens is 1. The molecule has 3 heterocycles. The molecule has 0 aromatic carbocycles. The first kappa shape index (κ1) is 11.4. The van der Waals surface area contributed by atoms with Gasteiger partial charge in [-0.25, -0.2) is 0 Å². The summed E-state index contributed by atoms with van der Waals surface area (Å²) in [7, 11) is 2.07. The van der Waals surface area contributed by atoms with E-state index in [-0.39, 0.29) is 5.78 Å². The molecule has 2 aliphatic rings. The molecule has 0 atom stereocenters. The standard InChI is InChI=1S/C14H16N2O2/c1-16-8-4-14(5-9-16)13(17)10-12(18-14)11-2-6-15-7-3-11/h2-3,6-7,10H,4-5,8-9H2,1H3. The molecule has 94 valence electrons. The Hall–Kier alpha value is -1.68. The number of hydrogen-bond acceptors (Lipinski definition) is 4. The predicted octanol–water partition coefficient (Wildman–Crippen LogP) is 1.49. The minimum absolute atomic E-state index is 0.113. The van der Waals surface area contributed by atoms with Crippen molar-refractivity contribution in [2.75, 3.05) is 20.1 Å². The zero-order valence-electron chi connectivity index (χ0n) is 10.4. The van der Waals surface area contributed by atoms with Crippen LogP contribution in [0.1, 0.15) is 18.4 Å². The van der Waals surface area contributed by atoms with E-state index in [9.17, 15) is 4.79 Å². The number of nitrogens with zero attached hydrogens (tertiary/aromatic N) is 2. The number of likely N-dealkylation sites (tertiary alicyclic amines) is 1. The number of piperidine rings is 1. The Morgan fingerprint density at radius 3 is 2.61 bits per heavy atom. The van der Waals surface area contributed by atoms with Gasteiger partial charge in [-0.3, -0.25) is 9.78 Å². The summed E-state index contributed by atoms with van der Waals surface area (Å²) in [6.07, 6.45) is 6.61. The van der Waals surface area contributed by atoms with Gasteiger partial charge in [0.25, 0.3) is 0 Å². The lowest BCUT2D eigenvalue weighted by Crippen LogP contribution is -2.47. The van der Waals surface area contributed by atoms with E-state index in [0.717, 1.165) is 31.5 Å². The minimum atomic E-state index is -0.606. The van der Waals surface area contributed by atoms with Crippen LogP contribution in [0.15, 0.2) is 30.6 Å². The van der Waals surface area contributed by atoms with Gasteiger partial charge in [-0.05, 0) is 19.2 Å². The van der Waals surface area contributed by atoms with Gasteiger partial charge in [0.15, 0.2) is 5.60 Å². The van der Waals surface area contributed by atoms with Crippen molar-refractivity contribution < 1.29 is 9.53 Å². The molecule has 0 amide bonds. The highest BCUT2D eigenvalue weighted by Gasteiger charge is 2.46. The van der Waals surface area contributed by atoms with Crippen LogP contribution in [-0.2, 0) is 9.53 Å². The second-order valence-corrected chi connectivity index (χ2v) is 5.01. The molecule has 2 aliphatic heterocycles. The number of hydrogen-bond donors (Lipinski definition) is 0. The van der Waals surface area contributed by atoms with Crippen molar-refractivity contribution in [3.8, 4) is 0 Å². The van der Waals surface area contributed by atoms with E-state index in [0.29, 0.717) is 5.76 Å². The van der Waals surface area contributed by atoms with E-state index in [1.54, 1.807) is 18.5 Å². The molecule has 3 rings (SSSR count). The molecule has 0 aliphatic carbocycles. The minimum Gasteiger partial charge on any atom is -0.478 e. The quantitative estimate of drug-likeness (QED) is 0.750. The van der Waals surface area contributed by atoms with Crippen LogP contribution >= 0.6 is 0 Å². The molecule has 0 saturated carbocycles. The van der Waals surface area contributed by atoms with Gasteiger partial charge in [-0.15, -0.1) is 0 Å². The molecule has 1 spiro atoms. The zero-order chi connectivity index (χ0) is 12.6. The normalized spacial score (nSPS) is 22.9. The summed E-state index contributed by atoms with van der Waals surface area (Å²) in [4.78, 5) is 18.4. The molecule has 1 aromatic rings. The van der Waals surface area contributed by atoms with Crippen LogP contribution in [0.4, 0.5) is 0 Å². The lowest BCUT2D eigenvalue weighted by atomic mass is 9.88. The lowest BCUT2D eigenvalue weighted by Gasteiger charge is -2.36. The zero-order valence-corrected chi connectivity index (χ0v) is 10.4. The molecule has 1 saturated heterocycles. The Morgan fingerprint density at radius 1 is 1.28 bits per heavy atom. The molecule has 0 N–H and O–H groups in total. The molecular weight excluding hydrogens is 228 g/mol. The van der Waals surface area contributed by atoms with E-state index in [1.807, 2.05) is 12.1 Å². The van der Waals surface area contributed by atoms with Gasteiger partial charge in [0, 0.05) is 50.0 Å². The van der Waals surface area contributed by atoms with Crippen LogP contribution in [0, 0.1) is 0 Å². The van der Waals surface area contributed by atoms with E-state index in [2.05, 4.69) is 16.9 Å². The number of carbonyl (C=O) groups is 1. The van der Waals surface area contributed by atoms with Crippen LogP contribution in [0.2, 0.25) is 0 Å². The predicted molar refractivity (Wildman–Crippen MR) is 67.8 cm³/mol. The molecular formula is C14H16N2O2. The molecule has 1 fully saturated rings. The van der Waals surface area contributed by atoms with Crippen LogP contribution in [-0.4, -0.2) is 41.4 Å². The Kier molecular flexibility index (Phi) is 2.67. The summed E-state index contributed by atoms with van der Waals surface area (Å²) < 4.78 is 5.99. The van der Waals surface area contributed by atoms with Crippen LogP contribution in [0.5, 0.6) is 0 Å². The first-order chi connectivity index (χ1) is 8.70. The molecule has 0 radical (unpaired) electrons. The Morgan fingerprint density at radius 2 is 1.94 bits per heavy atom. The summed E-state index contributed by atoms with van der Waals surface area (Å²) in [5.74, 6) is 0.800. The smallest absolute Gasteiger partial charge is 0.203 e. The van der Waals surface area contributed by atoms with Gasteiger partial charge < -0.3 is 9.64 Å². The summed E-state index contributed by atoms with van der Waals surface area (Å²) in [5.41, 5.74) is 0.319. The van der Waals surface area contributed by atoms with Crippen molar-refractivity contribution in [2.45, 2.75) is 18.4 Å². The van der Waals surface area contributed by atoms with E-state index >= 15 is 0 Å². The highest BCUT2D eigenvalue weighted by molar-refractivity contribution is 6.05. The fourth-order valence-electron chi connectivity index (χ4n) is 2.53. The molecule has 18 heavy (non-hydrogen) atoms. The summed E-state index contributed by atoms with van der Waals surface area (Å²) in [6, 6.07) is 3.74. The van der Waals surface area contributed by atoms with Crippen molar-refractivity contribution in [1.82, 2.24) is 9.88 Å². The highest BCUT2D eigenvalue weighted by Crippen LogP contribution is 2.38. The largest absolute Gasteiger partial charge is 0.478 e. The maximum atomic E-state index is 12.2. The topological polar surface area (TPSA) is 42.4 Å². The number of pyridine rings is 1. The second-order valence-electron chi connectivity index (χ2n) is 5.01. The van der Waals surface area contributed by atoms with Gasteiger partial charge >= 0.3 is 0 Å². The Labute approximate surface area is 106 Å². The summed E-state index contributed by atoms with van der Waals surface area (Å²) >= 11 is 0. The first-order valence-corrected chi connectivity index (χ1v) is 6.24. The van der Waals surface area contributed by atoms with Crippen molar-refractivity contribution in [3.05, 3.63) is 36.2 Å². The number of ether oxygens (including phenoxy) is 1. The summed E-state index contributed by atoms with van der Waals surface area (Å²) in [5, 5.41) is 0. The fourth-order valence-corrected chi connectivity index (χ4v) is 2.53. The van der Waals surface area contributed by atoms with Crippen LogP contribution < -0.4 is 0 Å². The number of carbonyl (C=O) groups excluding carboxylic acids is 1. The SMILES string of the molecule is CN1CCC2(CC1)OC(c1ccncc1)=CC2=O. The monoisotopic (exact) mass is 244 g/mol. The van der Waals surface area contributed by atoms with Crippen molar-refractivity contribution >= 4 is 11.5 Å². The van der Waals surface area contributed by atoms with Crippen molar-refractivity contribution in [2.24, 2.45) is 0 Å². The average molecular weight is 244 g/mol. The molecule has 0 unspecified atom stereocenters. The lowest BCUT2D eigenvalue weighted by molar-refractivity contribution is -0.132.